The first-order chi connectivity index (χ1) is 8.38. The number of nitrogens with zero attached hydrogens (tertiary/aromatic N) is 1. The lowest BCUT2D eigenvalue weighted by Gasteiger charge is -2.13. The van der Waals surface area contributed by atoms with E-state index in [1.807, 2.05) is 6.92 Å². The SMILES string of the molecule is CC(NCCCNS(C)(=O)=O)c1ccc(F)cn1. The van der Waals surface area contributed by atoms with Crippen molar-refractivity contribution in [2.75, 3.05) is 19.3 Å². The summed E-state index contributed by atoms with van der Waals surface area (Å²) < 4.78 is 36.7. The first-order valence-electron chi connectivity index (χ1n) is 5.68. The van der Waals surface area contributed by atoms with Gasteiger partial charge in [0.2, 0.25) is 10.0 Å². The maximum atomic E-state index is 12.7. The molecule has 0 aliphatic carbocycles. The van der Waals surface area contributed by atoms with Gasteiger partial charge >= 0.3 is 0 Å². The number of aromatic nitrogens is 1. The molecule has 0 aromatic carbocycles. The summed E-state index contributed by atoms with van der Waals surface area (Å²) in [7, 11) is -3.11. The third-order valence-corrected chi connectivity index (χ3v) is 3.09. The van der Waals surface area contributed by atoms with Gasteiger partial charge in [-0.05, 0) is 32.0 Å². The van der Waals surface area contributed by atoms with Crippen LogP contribution in [0, 0.1) is 5.82 Å². The van der Waals surface area contributed by atoms with Crippen LogP contribution >= 0.6 is 0 Å². The van der Waals surface area contributed by atoms with Gasteiger partial charge in [-0.2, -0.15) is 0 Å². The minimum Gasteiger partial charge on any atom is -0.309 e. The predicted molar refractivity (Wildman–Crippen MR) is 68.1 cm³/mol. The zero-order chi connectivity index (χ0) is 13.6. The van der Waals surface area contributed by atoms with Crippen molar-refractivity contribution in [1.82, 2.24) is 15.0 Å². The average Bonchev–Trinajstić information content (AvgIpc) is 2.27. The summed E-state index contributed by atoms with van der Waals surface area (Å²) in [6.45, 7) is 2.97. The number of hydrogen-bond acceptors (Lipinski definition) is 4. The second kappa shape index (κ2) is 6.77. The summed E-state index contributed by atoms with van der Waals surface area (Å²) >= 11 is 0. The second-order valence-electron chi connectivity index (χ2n) is 4.10. The summed E-state index contributed by atoms with van der Waals surface area (Å²) in [5, 5.41) is 3.18. The minimum atomic E-state index is -3.11. The molecule has 0 bridgehead atoms. The summed E-state index contributed by atoms with van der Waals surface area (Å²) in [5.74, 6) is -0.358. The Hall–Kier alpha value is -1.05. The molecule has 0 fully saturated rings. The van der Waals surface area contributed by atoms with E-state index in [2.05, 4.69) is 15.0 Å². The van der Waals surface area contributed by atoms with Crippen LogP contribution in [0.15, 0.2) is 18.3 Å². The molecule has 0 amide bonds. The molecule has 0 aliphatic heterocycles. The zero-order valence-electron chi connectivity index (χ0n) is 10.5. The third-order valence-electron chi connectivity index (χ3n) is 2.36. The average molecular weight is 275 g/mol. The molecule has 18 heavy (non-hydrogen) atoms. The Morgan fingerprint density at radius 2 is 2.11 bits per heavy atom. The van der Waals surface area contributed by atoms with E-state index in [-0.39, 0.29) is 11.9 Å². The molecule has 0 spiro atoms. The van der Waals surface area contributed by atoms with Gasteiger partial charge in [-0.3, -0.25) is 4.98 Å². The maximum absolute atomic E-state index is 12.7. The highest BCUT2D eigenvalue weighted by atomic mass is 32.2. The van der Waals surface area contributed by atoms with Crippen molar-refractivity contribution in [1.29, 1.82) is 0 Å². The van der Waals surface area contributed by atoms with E-state index in [1.54, 1.807) is 6.07 Å². The van der Waals surface area contributed by atoms with Gasteiger partial charge in [-0.1, -0.05) is 0 Å². The van der Waals surface area contributed by atoms with Gasteiger partial charge in [0.1, 0.15) is 5.82 Å². The van der Waals surface area contributed by atoms with Crippen LogP contribution in [0.2, 0.25) is 0 Å². The summed E-state index contributed by atoms with van der Waals surface area (Å²) in [6, 6.07) is 3.00. The van der Waals surface area contributed by atoms with Gasteiger partial charge in [-0.15, -0.1) is 0 Å². The molecule has 0 saturated heterocycles. The fourth-order valence-electron chi connectivity index (χ4n) is 1.41. The highest BCUT2D eigenvalue weighted by Gasteiger charge is 2.06. The van der Waals surface area contributed by atoms with Crippen molar-refractivity contribution >= 4 is 10.0 Å². The molecular weight excluding hydrogens is 257 g/mol. The molecule has 1 rings (SSSR count). The smallest absolute Gasteiger partial charge is 0.208 e. The standard InChI is InChI=1S/C11H18FN3O2S/c1-9(11-5-4-10(12)8-14-11)13-6-3-7-15-18(2,16)17/h4-5,8-9,13,15H,3,6-7H2,1-2H3. The Bertz CT molecular complexity index is 462. The molecule has 0 saturated carbocycles. The molecule has 7 heteroatoms. The lowest BCUT2D eigenvalue weighted by molar-refractivity contribution is 0.536. The van der Waals surface area contributed by atoms with Crippen LogP contribution in [-0.2, 0) is 10.0 Å². The van der Waals surface area contributed by atoms with Crippen LogP contribution in [0.5, 0.6) is 0 Å². The van der Waals surface area contributed by atoms with Gasteiger partial charge in [-0.25, -0.2) is 17.5 Å². The van der Waals surface area contributed by atoms with E-state index in [9.17, 15) is 12.8 Å². The first kappa shape index (κ1) is 15.0. The molecule has 2 N–H and O–H groups in total. The van der Waals surface area contributed by atoms with Gasteiger partial charge in [0.15, 0.2) is 0 Å². The Morgan fingerprint density at radius 1 is 1.39 bits per heavy atom. The molecule has 0 radical (unpaired) electrons. The number of halogens is 1. The molecule has 1 atom stereocenters. The highest BCUT2D eigenvalue weighted by Crippen LogP contribution is 2.08. The Balaban J connectivity index is 2.25. The van der Waals surface area contributed by atoms with Crippen LogP contribution < -0.4 is 10.0 Å². The van der Waals surface area contributed by atoms with E-state index in [1.165, 1.54) is 12.3 Å². The Kier molecular flexibility index (Phi) is 5.64. The van der Waals surface area contributed by atoms with Gasteiger partial charge in [0.25, 0.3) is 0 Å². The van der Waals surface area contributed by atoms with E-state index < -0.39 is 10.0 Å². The molecule has 1 unspecified atom stereocenters. The number of sulfonamides is 1. The number of rotatable bonds is 7. The molecular formula is C11H18FN3O2S. The van der Waals surface area contributed by atoms with Crippen molar-refractivity contribution in [3.63, 3.8) is 0 Å². The van der Waals surface area contributed by atoms with Crippen molar-refractivity contribution in [2.45, 2.75) is 19.4 Å². The van der Waals surface area contributed by atoms with Crippen molar-refractivity contribution in [3.8, 4) is 0 Å². The largest absolute Gasteiger partial charge is 0.309 e. The van der Waals surface area contributed by atoms with Crippen LogP contribution in [0.3, 0.4) is 0 Å². The van der Waals surface area contributed by atoms with Crippen LogP contribution in [0.1, 0.15) is 25.1 Å². The highest BCUT2D eigenvalue weighted by molar-refractivity contribution is 7.88. The molecule has 0 aliphatic rings. The normalized spacial score (nSPS) is 13.5. The minimum absolute atomic E-state index is 0.00355. The van der Waals surface area contributed by atoms with Crippen LogP contribution in [-0.4, -0.2) is 32.7 Å². The second-order valence-corrected chi connectivity index (χ2v) is 5.93. The monoisotopic (exact) mass is 275 g/mol. The van der Waals surface area contributed by atoms with E-state index in [4.69, 9.17) is 0 Å². The lowest BCUT2D eigenvalue weighted by atomic mass is 10.2. The van der Waals surface area contributed by atoms with Crippen LogP contribution in [0.4, 0.5) is 4.39 Å². The number of pyridine rings is 1. The first-order valence-corrected chi connectivity index (χ1v) is 7.57. The molecule has 1 aromatic rings. The van der Waals surface area contributed by atoms with Crippen molar-refractivity contribution in [3.05, 3.63) is 29.8 Å². The summed E-state index contributed by atoms with van der Waals surface area (Å²) in [5.41, 5.74) is 0.757. The van der Waals surface area contributed by atoms with Crippen molar-refractivity contribution < 1.29 is 12.8 Å². The van der Waals surface area contributed by atoms with E-state index in [0.717, 1.165) is 11.9 Å². The van der Waals surface area contributed by atoms with Gasteiger partial charge < -0.3 is 5.32 Å². The fourth-order valence-corrected chi connectivity index (χ4v) is 1.93. The molecule has 1 aromatic heterocycles. The lowest BCUT2D eigenvalue weighted by Crippen LogP contribution is -2.27. The number of nitrogens with one attached hydrogen (secondary N) is 2. The van der Waals surface area contributed by atoms with E-state index in [0.29, 0.717) is 19.5 Å². The third kappa shape index (κ3) is 6.04. The van der Waals surface area contributed by atoms with Crippen molar-refractivity contribution in [2.24, 2.45) is 0 Å². The van der Waals surface area contributed by atoms with Gasteiger partial charge in [0.05, 0.1) is 18.1 Å². The maximum Gasteiger partial charge on any atom is 0.208 e. The summed E-state index contributed by atoms with van der Waals surface area (Å²) in [6.07, 6.45) is 2.99. The van der Waals surface area contributed by atoms with Gasteiger partial charge in [0, 0.05) is 12.6 Å². The fraction of sp³-hybridized carbons (Fsp3) is 0.545. The number of hydrogen-bond donors (Lipinski definition) is 2. The van der Waals surface area contributed by atoms with E-state index >= 15 is 0 Å². The summed E-state index contributed by atoms with van der Waals surface area (Å²) in [4.78, 5) is 3.97. The Morgan fingerprint density at radius 3 is 2.67 bits per heavy atom. The quantitative estimate of drug-likeness (QED) is 0.722. The Labute approximate surface area is 107 Å². The molecule has 1 heterocycles. The molecule has 5 nitrogen and oxygen atoms in total. The topological polar surface area (TPSA) is 71.1 Å². The predicted octanol–water partition coefficient (Wildman–Crippen LogP) is 0.811. The van der Waals surface area contributed by atoms with Crippen LogP contribution in [0.25, 0.3) is 0 Å². The zero-order valence-corrected chi connectivity index (χ0v) is 11.3. The molecule has 102 valence electrons.